The van der Waals surface area contributed by atoms with Gasteiger partial charge in [0.15, 0.2) is 0 Å². The molecule has 3 N–H and O–H groups in total. The van der Waals surface area contributed by atoms with Gasteiger partial charge >= 0.3 is 0 Å². The Morgan fingerprint density at radius 1 is 1.33 bits per heavy atom. The van der Waals surface area contributed by atoms with Crippen LogP contribution in [-0.2, 0) is 16.7 Å². The molecule has 2 unspecified atom stereocenters. The van der Waals surface area contributed by atoms with Crippen LogP contribution >= 0.6 is 0 Å². The van der Waals surface area contributed by atoms with Crippen LogP contribution in [0.2, 0.25) is 0 Å². The third-order valence-corrected chi connectivity index (χ3v) is 4.86. The molecule has 0 saturated carbocycles. The largest absolute Gasteiger partial charge is 0.327 e. The van der Waals surface area contributed by atoms with Crippen LogP contribution in [0, 0.1) is 0 Å². The van der Waals surface area contributed by atoms with Gasteiger partial charge in [0.25, 0.3) is 0 Å². The van der Waals surface area contributed by atoms with Gasteiger partial charge in [0.1, 0.15) is 0 Å². The van der Waals surface area contributed by atoms with Gasteiger partial charge in [-0.15, -0.1) is 0 Å². The molecule has 0 radical (unpaired) electrons. The van der Waals surface area contributed by atoms with Gasteiger partial charge in [0.2, 0.25) is 11.3 Å². The number of nitrogens with zero attached hydrogens (tertiary/aromatic N) is 1. The molecule has 1 fully saturated rings. The number of benzene rings is 1. The van der Waals surface area contributed by atoms with E-state index in [9.17, 15) is 4.21 Å². The van der Waals surface area contributed by atoms with Crippen LogP contribution in [0.5, 0.6) is 0 Å². The monoisotopic (exact) mass is 268 g/mol. The van der Waals surface area contributed by atoms with Gasteiger partial charge in [0, 0.05) is 24.5 Å². The smallest absolute Gasteiger partial charge is 0.234 e. The van der Waals surface area contributed by atoms with E-state index in [1.807, 2.05) is 25.1 Å². The molecule has 2 rings (SSSR count). The van der Waals surface area contributed by atoms with E-state index in [1.165, 1.54) is 5.56 Å². The molecule has 0 amide bonds. The van der Waals surface area contributed by atoms with Crippen molar-refractivity contribution in [3.8, 4) is 0 Å². The number of hydrogen-bond donors (Lipinski definition) is 2. The van der Waals surface area contributed by atoms with Crippen molar-refractivity contribution in [2.45, 2.75) is 31.2 Å². The molecular formula is C13H20N2O2S. The van der Waals surface area contributed by atoms with Gasteiger partial charge in [-0.05, 0) is 25.3 Å². The maximum absolute atomic E-state index is 11.1. The quantitative estimate of drug-likeness (QED) is 0.817. The van der Waals surface area contributed by atoms with Crippen molar-refractivity contribution in [3.05, 3.63) is 35.9 Å². The predicted octanol–water partition coefficient (Wildman–Crippen LogP) is 1.50. The SMILES string of the molecule is CC(N)C1(c2ccccc2)CCN(S(=O)O)CC1. The number of hydrogen-bond acceptors (Lipinski definition) is 2. The Balaban J connectivity index is 2.24. The minimum Gasteiger partial charge on any atom is -0.327 e. The molecule has 1 aromatic carbocycles. The van der Waals surface area contributed by atoms with Gasteiger partial charge in [-0.1, -0.05) is 30.3 Å². The van der Waals surface area contributed by atoms with E-state index in [2.05, 4.69) is 12.1 Å². The summed E-state index contributed by atoms with van der Waals surface area (Å²) in [6.07, 6.45) is 1.64. The Morgan fingerprint density at radius 3 is 2.33 bits per heavy atom. The standard InChI is InChI=1S/C13H20N2O2S/c1-11(14)13(12-5-3-2-4-6-12)7-9-15(10-8-13)18(16)17/h2-6,11H,7-10,14H2,1H3,(H,16,17). The second kappa shape index (κ2) is 5.48. The summed E-state index contributed by atoms with van der Waals surface area (Å²) in [5.74, 6) is 0. The van der Waals surface area contributed by atoms with Gasteiger partial charge in [-0.2, -0.15) is 0 Å². The lowest BCUT2D eigenvalue weighted by Crippen LogP contribution is -2.51. The molecule has 1 saturated heterocycles. The maximum Gasteiger partial charge on any atom is 0.234 e. The Hall–Kier alpha value is -0.750. The molecule has 0 aliphatic carbocycles. The summed E-state index contributed by atoms with van der Waals surface area (Å²) >= 11 is -1.86. The van der Waals surface area contributed by atoms with Crippen LogP contribution in [0.15, 0.2) is 30.3 Å². The minimum absolute atomic E-state index is 0.0363. The lowest BCUT2D eigenvalue weighted by atomic mass is 9.69. The first kappa shape index (κ1) is 13.7. The van der Waals surface area contributed by atoms with Crippen LogP contribution in [0.4, 0.5) is 0 Å². The van der Waals surface area contributed by atoms with Crippen molar-refractivity contribution < 1.29 is 8.76 Å². The highest BCUT2D eigenvalue weighted by atomic mass is 32.2. The predicted molar refractivity (Wildman–Crippen MR) is 73.3 cm³/mol. The van der Waals surface area contributed by atoms with Crippen molar-refractivity contribution in [3.63, 3.8) is 0 Å². The van der Waals surface area contributed by atoms with E-state index >= 15 is 0 Å². The second-order valence-electron chi connectivity index (χ2n) is 4.97. The first-order chi connectivity index (χ1) is 8.56. The zero-order valence-electron chi connectivity index (χ0n) is 10.6. The summed E-state index contributed by atoms with van der Waals surface area (Å²) in [7, 11) is 0. The zero-order valence-corrected chi connectivity index (χ0v) is 11.4. The first-order valence-electron chi connectivity index (χ1n) is 6.23. The number of piperidine rings is 1. The van der Waals surface area contributed by atoms with Crippen LogP contribution in [0.25, 0.3) is 0 Å². The molecule has 0 spiro atoms. The number of rotatable bonds is 3. The fourth-order valence-electron chi connectivity index (χ4n) is 2.82. The summed E-state index contributed by atoms with van der Waals surface area (Å²) in [6.45, 7) is 3.25. The third-order valence-electron chi connectivity index (χ3n) is 4.06. The van der Waals surface area contributed by atoms with Crippen molar-refractivity contribution in [1.82, 2.24) is 4.31 Å². The molecular weight excluding hydrogens is 248 g/mol. The normalized spacial score (nSPS) is 23.5. The Bertz CT molecular complexity index is 414. The average molecular weight is 268 g/mol. The van der Waals surface area contributed by atoms with Gasteiger partial charge in [-0.3, -0.25) is 4.55 Å². The molecule has 1 aromatic rings. The van der Waals surface area contributed by atoms with Crippen LogP contribution in [0.1, 0.15) is 25.3 Å². The second-order valence-corrected chi connectivity index (χ2v) is 5.95. The van der Waals surface area contributed by atoms with E-state index in [-0.39, 0.29) is 11.5 Å². The molecule has 0 bridgehead atoms. The van der Waals surface area contributed by atoms with Gasteiger partial charge in [0.05, 0.1) is 0 Å². The third kappa shape index (κ3) is 2.49. The highest BCUT2D eigenvalue weighted by Crippen LogP contribution is 2.38. The molecule has 1 aliphatic heterocycles. The van der Waals surface area contributed by atoms with E-state index < -0.39 is 11.3 Å². The van der Waals surface area contributed by atoms with E-state index in [0.717, 1.165) is 12.8 Å². The Morgan fingerprint density at radius 2 is 1.89 bits per heavy atom. The van der Waals surface area contributed by atoms with E-state index in [0.29, 0.717) is 13.1 Å². The lowest BCUT2D eigenvalue weighted by Gasteiger charge is -2.43. The van der Waals surface area contributed by atoms with Crippen LogP contribution in [0.3, 0.4) is 0 Å². The fraction of sp³-hybridized carbons (Fsp3) is 0.538. The molecule has 18 heavy (non-hydrogen) atoms. The molecule has 1 aliphatic rings. The van der Waals surface area contributed by atoms with Crippen molar-refractivity contribution in [2.24, 2.45) is 5.73 Å². The number of nitrogens with two attached hydrogens (primary N) is 1. The van der Waals surface area contributed by atoms with Crippen LogP contribution in [-0.4, -0.2) is 32.2 Å². The van der Waals surface area contributed by atoms with Gasteiger partial charge < -0.3 is 5.73 Å². The van der Waals surface area contributed by atoms with Crippen molar-refractivity contribution in [2.75, 3.05) is 13.1 Å². The lowest BCUT2D eigenvalue weighted by molar-refractivity contribution is 0.204. The summed E-state index contributed by atoms with van der Waals surface area (Å²) in [6, 6.07) is 10.3. The summed E-state index contributed by atoms with van der Waals surface area (Å²) in [5.41, 5.74) is 7.37. The fourth-order valence-corrected chi connectivity index (χ4v) is 3.31. The minimum atomic E-state index is -1.86. The summed E-state index contributed by atoms with van der Waals surface area (Å²) in [5, 5.41) is 0. The van der Waals surface area contributed by atoms with Crippen molar-refractivity contribution in [1.29, 1.82) is 0 Å². The Labute approximate surface area is 111 Å². The van der Waals surface area contributed by atoms with E-state index in [1.54, 1.807) is 4.31 Å². The molecule has 1 heterocycles. The summed E-state index contributed by atoms with van der Waals surface area (Å²) < 4.78 is 21.8. The van der Waals surface area contributed by atoms with Crippen LogP contribution < -0.4 is 5.73 Å². The zero-order chi connectivity index (χ0) is 13.2. The molecule has 5 heteroatoms. The van der Waals surface area contributed by atoms with Gasteiger partial charge in [-0.25, -0.2) is 8.51 Å². The van der Waals surface area contributed by atoms with E-state index in [4.69, 9.17) is 10.3 Å². The maximum atomic E-state index is 11.1. The molecule has 0 aromatic heterocycles. The summed E-state index contributed by atoms with van der Waals surface area (Å²) in [4.78, 5) is 0. The Kier molecular flexibility index (Phi) is 4.17. The highest BCUT2D eigenvalue weighted by Gasteiger charge is 2.40. The molecule has 2 atom stereocenters. The first-order valence-corrected chi connectivity index (χ1v) is 7.30. The van der Waals surface area contributed by atoms with Crippen molar-refractivity contribution >= 4 is 11.3 Å². The molecule has 100 valence electrons. The highest BCUT2D eigenvalue weighted by molar-refractivity contribution is 7.76. The molecule has 4 nitrogen and oxygen atoms in total. The topological polar surface area (TPSA) is 66.6 Å². The average Bonchev–Trinajstić information content (AvgIpc) is 2.39.